The first-order chi connectivity index (χ1) is 14.3. The molecule has 6 rings (SSSR count). The molecule has 2 aromatic carbocycles. The Bertz CT molecular complexity index is 1400. The lowest BCUT2D eigenvalue weighted by molar-refractivity contribution is -0.118. The number of benzene rings is 2. The summed E-state index contributed by atoms with van der Waals surface area (Å²) >= 11 is 6.56. The van der Waals surface area contributed by atoms with Crippen molar-refractivity contribution < 1.29 is 13.2 Å². The summed E-state index contributed by atoms with van der Waals surface area (Å²) in [5, 5.41) is 5.58. The summed E-state index contributed by atoms with van der Waals surface area (Å²) < 4.78 is 27.3. The Labute approximate surface area is 179 Å². The summed E-state index contributed by atoms with van der Waals surface area (Å²) in [5.74, 6) is 0.0843. The third-order valence-electron chi connectivity index (χ3n) is 7.07. The van der Waals surface area contributed by atoms with Crippen molar-refractivity contribution in [2.45, 2.75) is 37.5 Å². The lowest BCUT2D eigenvalue weighted by Gasteiger charge is -2.30. The van der Waals surface area contributed by atoms with Crippen molar-refractivity contribution in [1.82, 2.24) is 9.19 Å². The van der Waals surface area contributed by atoms with Crippen LogP contribution in [0, 0.1) is 18.3 Å². The van der Waals surface area contributed by atoms with E-state index in [2.05, 4.69) is 5.10 Å². The number of halogens is 1. The van der Waals surface area contributed by atoms with Crippen LogP contribution in [0.15, 0.2) is 52.5 Å². The summed E-state index contributed by atoms with van der Waals surface area (Å²) in [5.41, 5.74) is 4.54. The topological polar surface area (TPSA) is 69.0 Å². The standard InChI is InChI=1S/C23H19ClN2O3S/c1-13-2-4-15(5-3-13)30(28,29)26-12-18-17-11-23-9-8-14(10-23)22(27)21(24)20(23)16(17)6-7-19(18)25-26/h2-7,12,14H,8-11H2,1H3/t14-,23-/m0/s1. The Kier molecular flexibility index (Phi) is 3.56. The summed E-state index contributed by atoms with van der Waals surface area (Å²) in [6, 6.07) is 10.5. The molecule has 5 nitrogen and oxygen atoms in total. The van der Waals surface area contributed by atoms with Crippen molar-refractivity contribution in [2.24, 2.45) is 11.3 Å². The fraction of sp³-hybridized carbons (Fsp3) is 0.304. The number of carbonyl (C=O) groups is 1. The maximum Gasteiger partial charge on any atom is 0.282 e. The van der Waals surface area contributed by atoms with Gasteiger partial charge < -0.3 is 0 Å². The van der Waals surface area contributed by atoms with Gasteiger partial charge in [-0.15, -0.1) is 0 Å². The quantitative estimate of drug-likeness (QED) is 0.592. The number of aryl methyl sites for hydroxylation is 1. The number of nitrogens with zero attached hydrogens (tertiary/aromatic N) is 2. The van der Waals surface area contributed by atoms with E-state index in [0.717, 1.165) is 57.4 Å². The zero-order valence-electron chi connectivity index (χ0n) is 16.4. The van der Waals surface area contributed by atoms with Gasteiger partial charge in [0.15, 0.2) is 5.78 Å². The number of carbonyl (C=O) groups excluding carboxylic acids is 1. The molecule has 0 aliphatic heterocycles. The molecule has 3 aliphatic rings. The number of Topliss-reactive ketones (excluding diaryl/α,β-unsaturated/α-hetero) is 1. The Morgan fingerprint density at radius 1 is 1.17 bits per heavy atom. The third kappa shape index (κ3) is 2.26. The van der Waals surface area contributed by atoms with Crippen LogP contribution >= 0.6 is 11.6 Å². The monoisotopic (exact) mass is 438 g/mol. The van der Waals surface area contributed by atoms with Gasteiger partial charge in [-0.1, -0.05) is 35.4 Å². The molecule has 0 amide bonds. The van der Waals surface area contributed by atoms with E-state index in [9.17, 15) is 13.2 Å². The predicted molar refractivity (Wildman–Crippen MR) is 115 cm³/mol. The number of aromatic nitrogens is 2. The molecule has 1 heterocycles. The Hall–Kier alpha value is -2.44. The van der Waals surface area contributed by atoms with Crippen LogP contribution in [0.4, 0.5) is 0 Å². The highest BCUT2D eigenvalue weighted by Crippen LogP contribution is 2.63. The lowest BCUT2D eigenvalue weighted by atomic mass is 9.74. The fourth-order valence-electron chi connectivity index (χ4n) is 5.60. The van der Waals surface area contributed by atoms with E-state index >= 15 is 0 Å². The summed E-state index contributed by atoms with van der Waals surface area (Å²) in [4.78, 5) is 12.8. The summed E-state index contributed by atoms with van der Waals surface area (Å²) in [6.07, 6.45) is 5.05. The molecule has 1 fully saturated rings. The van der Waals surface area contributed by atoms with Crippen molar-refractivity contribution in [3.8, 4) is 0 Å². The largest absolute Gasteiger partial charge is 0.293 e. The highest BCUT2D eigenvalue weighted by molar-refractivity contribution is 7.89. The van der Waals surface area contributed by atoms with Crippen LogP contribution < -0.4 is 0 Å². The van der Waals surface area contributed by atoms with E-state index in [1.807, 2.05) is 19.1 Å². The van der Waals surface area contributed by atoms with E-state index in [1.54, 1.807) is 30.5 Å². The number of ketones is 1. The van der Waals surface area contributed by atoms with Gasteiger partial charge in [-0.3, -0.25) is 4.79 Å². The molecule has 0 unspecified atom stereocenters. The fourth-order valence-corrected chi connectivity index (χ4v) is 7.19. The van der Waals surface area contributed by atoms with Gasteiger partial charge >= 0.3 is 0 Å². The number of hydrogen-bond acceptors (Lipinski definition) is 4. The molecule has 1 spiro atoms. The maximum atomic E-state index is 13.1. The van der Waals surface area contributed by atoms with Gasteiger partial charge in [0.1, 0.15) is 0 Å². The minimum atomic E-state index is -3.78. The van der Waals surface area contributed by atoms with Crippen LogP contribution in [-0.2, 0) is 21.2 Å². The lowest BCUT2D eigenvalue weighted by Crippen LogP contribution is -2.25. The molecule has 30 heavy (non-hydrogen) atoms. The molecule has 2 atom stereocenters. The minimum Gasteiger partial charge on any atom is -0.293 e. The van der Waals surface area contributed by atoms with Crippen molar-refractivity contribution in [1.29, 1.82) is 0 Å². The van der Waals surface area contributed by atoms with Gasteiger partial charge in [-0.25, -0.2) is 0 Å². The molecule has 7 heteroatoms. The molecule has 3 aliphatic carbocycles. The van der Waals surface area contributed by atoms with E-state index in [1.165, 1.54) is 0 Å². The van der Waals surface area contributed by atoms with Crippen molar-refractivity contribution >= 4 is 43.9 Å². The van der Waals surface area contributed by atoms with Gasteiger partial charge in [-0.05, 0) is 67.5 Å². The van der Waals surface area contributed by atoms with Crippen molar-refractivity contribution in [2.75, 3.05) is 0 Å². The molecule has 0 radical (unpaired) electrons. The molecule has 0 saturated heterocycles. The van der Waals surface area contributed by atoms with Crippen LogP contribution in [0.25, 0.3) is 16.5 Å². The van der Waals surface area contributed by atoms with Gasteiger partial charge in [-0.2, -0.15) is 17.6 Å². The van der Waals surface area contributed by atoms with Gasteiger partial charge in [0.25, 0.3) is 10.0 Å². The van der Waals surface area contributed by atoms with E-state index in [0.29, 0.717) is 10.5 Å². The molecule has 3 aromatic rings. The molecule has 1 saturated carbocycles. The predicted octanol–water partition coefficient (Wildman–Crippen LogP) is 4.46. The summed E-state index contributed by atoms with van der Waals surface area (Å²) in [7, 11) is -3.78. The van der Waals surface area contributed by atoms with E-state index in [4.69, 9.17) is 11.6 Å². The first-order valence-electron chi connectivity index (χ1n) is 10.1. The maximum absolute atomic E-state index is 13.1. The van der Waals surface area contributed by atoms with Crippen molar-refractivity contribution in [3.05, 3.63) is 64.3 Å². The zero-order chi connectivity index (χ0) is 20.8. The van der Waals surface area contributed by atoms with Crippen LogP contribution in [0.5, 0.6) is 0 Å². The second kappa shape index (κ2) is 5.83. The average molecular weight is 439 g/mol. The Morgan fingerprint density at radius 3 is 2.70 bits per heavy atom. The van der Waals surface area contributed by atoms with Gasteiger partial charge in [0.05, 0.1) is 21.6 Å². The molecular formula is C23H19ClN2O3S. The third-order valence-corrected chi connectivity index (χ3v) is 9.00. The van der Waals surface area contributed by atoms with E-state index < -0.39 is 10.0 Å². The van der Waals surface area contributed by atoms with Crippen LogP contribution in [0.3, 0.4) is 0 Å². The summed E-state index contributed by atoms with van der Waals surface area (Å²) in [6.45, 7) is 1.92. The first-order valence-corrected chi connectivity index (χ1v) is 11.9. The van der Waals surface area contributed by atoms with Gasteiger partial charge in [0, 0.05) is 16.7 Å². The van der Waals surface area contributed by atoms with Crippen LogP contribution in [0.1, 0.15) is 36.0 Å². The minimum absolute atomic E-state index is 0.0238. The van der Waals surface area contributed by atoms with Crippen molar-refractivity contribution in [3.63, 3.8) is 0 Å². The number of hydrogen-bond donors (Lipinski definition) is 0. The second-order valence-corrected chi connectivity index (χ2v) is 11.0. The normalized spacial score (nSPS) is 25.1. The SMILES string of the molecule is Cc1ccc(S(=O)(=O)n2cc3c4c(ccc3n2)C2=C(Cl)C(=O)[C@H]3CC[C@@]2(C4)C3)cc1. The zero-order valence-corrected chi connectivity index (χ0v) is 17.9. The highest BCUT2D eigenvalue weighted by atomic mass is 35.5. The average Bonchev–Trinajstić information content (AvgIpc) is 3.41. The van der Waals surface area contributed by atoms with Crippen LogP contribution in [-0.4, -0.2) is 23.4 Å². The number of allylic oxidation sites excluding steroid dienone is 2. The molecule has 1 aromatic heterocycles. The van der Waals surface area contributed by atoms with Crippen LogP contribution in [0.2, 0.25) is 0 Å². The molecular weight excluding hydrogens is 420 g/mol. The Balaban J connectivity index is 1.54. The number of rotatable bonds is 2. The molecule has 152 valence electrons. The molecule has 0 N–H and O–H groups in total. The first kappa shape index (κ1) is 18.3. The van der Waals surface area contributed by atoms with E-state index in [-0.39, 0.29) is 22.0 Å². The smallest absolute Gasteiger partial charge is 0.282 e. The number of fused-ring (bicyclic) bond motifs is 5. The van der Waals surface area contributed by atoms with Gasteiger partial charge in [0.2, 0.25) is 0 Å². The highest BCUT2D eigenvalue weighted by Gasteiger charge is 2.54. The molecule has 2 bridgehead atoms. The Morgan fingerprint density at radius 2 is 1.93 bits per heavy atom. The second-order valence-electron chi connectivity index (χ2n) is 8.79.